The van der Waals surface area contributed by atoms with Gasteiger partial charge in [0.05, 0.1) is 0 Å². The van der Waals surface area contributed by atoms with Crippen LogP contribution in [0.5, 0.6) is 0 Å². The summed E-state index contributed by atoms with van der Waals surface area (Å²) in [4.78, 5) is 16.5. The van der Waals surface area contributed by atoms with E-state index in [2.05, 4.69) is 10.3 Å². The number of aryl methyl sites for hydroxylation is 1. The molecule has 7 heteroatoms. The number of hydrogen-bond donors (Lipinski definition) is 1. The molecule has 0 bridgehead atoms. The van der Waals surface area contributed by atoms with E-state index in [1.807, 2.05) is 0 Å². The van der Waals surface area contributed by atoms with Crippen molar-refractivity contribution in [2.75, 3.05) is 0 Å². The third-order valence-corrected chi connectivity index (χ3v) is 4.02. The first kappa shape index (κ1) is 18.4. The van der Waals surface area contributed by atoms with Gasteiger partial charge < -0.3 is 9.88 Å². The number of rotatable bonds is 5. The fraction of sp³-hybridized carbons (Fsp3) is 0.100. The van der Waals surface area contributed by atoms with Crippen molar-refractivity contribution in [3.05, 3.63) is 95.3 Å². The van der Waals surface area contributed by atoms with Crippen LogP contribution in [0.3, 0.4) is 0 Å². The van der Waals surface area contributed by atoms with Crippen LogP contribution in [0, 0.1) is 17.5 Å². The van der Waals surface area contributed by atoms with Crippen molar-refractivity contribution >= 4 is 12.0 Å². The van der Waals surface area contributed by atoms with E-state index in [0.29, 0.717) is 5.82 Å². The highest BCUT2D eigenvalue weighted by Crippen LogP contribution is 2.23. The Labute approximate surface area is 154 Å². The molecule has 0 spiro atoms. The number of carbonyl (C=O) groups excluding carboxylic acids is 1. The largest absolute Gasteiger partial charge is 0.338 e. The van der Waals surface area contributed by atoms with E-state index in [0.717, 1.165) is 24.3 Å². The first-order valence-electron chi connectivity index (χ1n) is 8.11. The summed E-state index contributed by atoms with van der Waals surface area (Å²) in [5.74, 6) is -2.30. The van der Waals surface area contributed by atoms with Gasteiger partial charge in [-0.3, -0.25) is 4.79 Å². The second-order valence-corrected chi connectivity index (χ2v) is 5.83. The molecule has 0 saturated heterocycles. The Hall–Kier alpha value is -3.35. The van der Waals surface area contributed by atoms with Gasteiger partial charge in [0.1, 0.15) is 29.3 Å². The van der Waals surface area contributed by atoms with Gasteiger partial charge in [-0.25, -0.2) is 18.2 Å². The predicted octanol–water partition coefficient (Wildman–Crippen LogP) is 3.76. The molecule has 1 aromatic heterocycles. The van der Waals surface area contributed by atoms with E-state index in [-0.39, 0.29) is 11.1 Å². The number of imidazole rings is 1. The molecule has 1 atom stereocenters. The van der Waals surface area contributed by atoms with Gasteiger partial charge >= 0.3 is 0 Å². The first-order chi connectivity index (χ1) is 13.0. The van der Waals surface area contributed by atoms with E-state index >= 15 is 0 Å². The average Bonchev–Trinajstić information content (AvgIpc) is 3.06. The first-order valence-corrected chi connectivity index (χ1v) is 8.11. The summed E-state index contributed by atoms with van der Waals surface area (Å²) in [7, 11) is 1.72. The zero-order valence-corrected chi connectivity index (χ0v) is 14.4. The minimum Gasteiger partial charge on any atom is -0.338 e. The molecule has 27 heavy (non-hydrogen) atoms. The summed E-state index contributed by atoms with van der Waals surface area (Å²) in [6, 6.07) is 8.55. The van der Waals surface area contributed by atoms with Crippen LogP contribution in [0.15, 0.2) is 60.9 Å². The van der Waals surface area contributed by atoms with Gasteiger partial charge in [0.15, 0.2) is 0 Å². The maximum atomic E-state index is 14.3. The normalized spacial score (nSPS) is 12.3. The summed E-state index contributed by atoms with van der Waals surface area (Å²) in [6.45, 7) is 0. The molecule has 1 amide bonds. The van der Waals surface area contributed by atoms with Crippen LogP contribution in [-0.2, 0) is 11.8 Å². The molecule has 0 aliphatic heterocycles. The second kappa shape index (κ2) is 7.90. The molecule has 3 rings (SSSR count). The van der Waals surface area contributed by atoms with Gasteiger partial charge in [0, 0.05) is 36.6 Å². The number of halogens is 3. The topological polar surface area (TPSA) is 46.9 Å². The van der Waals surface area contributed by atoms with E-state index in [1.54, 1.807) is 23.9 Å². The number of amides is 1. The molecule has 0 radical (unpaired) electrons. The lowest BCUT2D eigenvalue weighted by Gasteiger charge is -2.19. The van der Waals surface area contributed by atoms with Crippen LogP contribution in [0.25, 0.3) is 6.08 Å². The molecule has 0 saturated carbocycles. The second-order valence-electron chi connectivity index (χ2n) is 5.83. The van der Waals surface area contributed by atoms with Gasteiger partial charge in [0.2, 0.25) is 5.91 Å². The van der Waals surface area contributed by atoms with Crippen LogP contribution < -0.4 is 5.32 Å². The predicted molar refractivity (Wildman–Crippen MR) is 95.0 cm³/mol. The number of nitrogens with one attached hydrogen (secondary N) is 1. The highest BCUT2D eigenvalue weighted by atomic mass is 19.1. The maximum Gasteiger partial charge on any atom is 0.244 e. The summed E-state index contributed by atoms with van der Waals surface area (Å²) < 4.78 is 43.3. The van der Waals surface area contributed by atoms with E-state index in [4.69, 9.17) is 0 Å². The van der Waals surface area contributed by atoms with Crippen molar-refractivity contribution in [3.8, 4) is 0 Å². The summed E-state index contributed by atoms with van der Waals surface area (Å²) in [5, 5.41) is 2.63. The minimum absolute atomic E-state index is 0.227. The highest BCUT2D eigenvalue weighted by molar-refractivity contribution is 5.92. The Kier molecular flexibility index (Phi) is 5.40. The van der Waals surface area contributed by atoms with Gasteiger partial charge in [0.25, 0.3) is 0 Å². The molecule has 1 heterocycles. The molecule has 4 nitrogen and oxygen atoms in total. The molecule has 138 valence electrons. The highest BCUT2D eigenvalue weighted by Gasteiger charge is 2.22. The fourth-order valence-corrected chi connectivity index (χ4v) is 2.67. The van der Waals surface area contributed by atoms with Crippen LogP contribution in [0.2, 0.25) is 0 Å². The quantitative estimate of drug-likeness (QED) is 0.695. The number of carbonyl (C=O) groups is 1. The molecular formula is C20H16F3N3O. The Morgan fingerprint density at radius 1 is 1.07 bits per heavy atom. The minimum atomic E-state index is -0.867. The zero-order valence-electron chi connectivity index (χ0n) is 14.4. The van der Waals surface area contributed by atoms with Crippen molar-refractivity contribution in [2.24, 2.45) is 7.05 Å². The SMILES string of the molecule is Cn1ccnc1[C@@H](NC(=O)/C=C/c1c(F)cccc1F)c1ccccc1F. The molecular weight excluding hydrogens is 355 g/mol. The maximum absolute atomic E-state index is 14.3. The van der Waals surface area contributed by atoms with E-state index < -0.39 is 29.4 Å². The molecule has 3 aromatic rings. The third-order valence-electron chi connectivity index (χ3n) is 4.02. The average molecular weight is 371 g/mol. The van der Waals surface area contributed by atoms with Crippen molar-refractivity contribution in [3.63, 3.8) is 0 Å². The zero-order chi connectivity index (χ0) is 19.4. The van der Waals surface area contributed by atoms with Crippen molar-refractivity contribution < 1.29 is 18.0 Å². The summed E-state index contributed by atoms with van der Waals surface area (Å²) >= 11 is 0. The Morgan fingerprint density at radius 3 is 2.37 bits per heavy atom. The van der Waals surface area contributed by atoms with Gasteiger partial charge in [-0.1, -0.05) is 24.3 Å². The lowest BCUT2D eigenvalue weighted by atomic mass is 10.1. The van der Waals surface area contributed by atoms with E-state index in [1.165, 1.54) is 30.5 Å². The third kappa shape index (κ3) is 4.08. The fourth-order valence-electron chi connectivity index (χ4n) is 2.67. The number of hydrogen-bond acceptors (Lipinski definition) is 2. The molecule has 1 N–H and O–H groups in total. The van der Waals surface area contributed by atoms with Gasteiger partial charge in [-0.05, 0) is 24.3 Å². The van der Waals surface area contributed by atoms with Crippen LogP contribution in [-0.4, -0.2) is 15.5 Å². The molecule has 2 aromatic carbocycles. The van der Waals surface area contributed by atoms with Crippen LogP contribution >= 0.6 is 0 Å². The number of nitrogens with zero attached hydrogens (tertiary/aromatic N) is 2. The number of benzene rings is 2. The molecule has 0 aliphatic carbocycles. The Bertz CT molecular complexity index is 977. The van der Waals surface area contributed by atoms with Crippen molar-refractivity contribution in [2.45, 2.75) is 6.04 Å². The van der Waals surface area contributed by atoms with Crippen molar-refractivity contribution in [1.29, 1.82) is 0 Å². The molecule has 0 aliphatic rings. The lowest BCUT2D eigenvalue weighted by Crippen LogP contribution is -2.30. The number of aromatic nitrogens is 2. The smallest absolute Gasteiger partial charge is 0.244 e. The van der Waals surface area contributed by atoms with Crippen LogP contribution in [0.1, 0.15) is 23.0 Å². The van der Waals surface area contributed by atoms with Crippen LogP contribution in [0.4, 0.5) is 13.2 Å². The van der Waals surface area contributed by atoms with E-state index in [9.17, 15) is 18.0 Å². The van der Waals surface area contributed by atoms with Crippen molar-refractivity contribution in [1.82, 2.24) is 14.9 Å². The molecule has 0 unspecified atom stereocenters. The summed E-state index contributed by atoms with van der Waals surface area (Å²) in [5.41, 5.74) is -0.0993. The molecule has 0 fully saturated rings. The Balaban J connectivity index is 1.89. The monoisotopic (exact) mass is 371 g/mol. The summed E-state index contributed by atoms with van der Waals surface area (Å²) in [6.07, 6.45) is 5.23. The lowest BCUT2D eigenvalue weighted by molar-refractivity contribution is -0.117. The van der Waals surface area contributed by atoms with Gasteiger partial charge in [-0.15, -0.1) is 0 Å². The Morgan fingerprint density at radius 2 is 1.74 bits per heavy atom. The van der Waals surface area contributed by atoms with Gasteiger partial charge in [-0.2, -0.15) is 0 Å². The standard InChI is InChI=1S/C20H16F3N3O/c1-26-12-11-24-20(26)19(14-5-2-3-6-17(14)23)25-18(27)10-9-13-15(21)7-4-8-16(13)22/h2-12,19H,1H3,(H,25,27)/b10-9+/t19-/m0/s1.